The van der Waals surface area contributed by atoms with E-state index >= 15 is 0 Å². The van der Waals surface area contributed by atoms with Crippen LogP contribution in [0.3, 0.4) is 0 Å². The Labute approximate surface area is 106 Å². The van der Waals surface area contributed by atoms with Gasteiger partial charge in [-0.05, 0) is 18.2 Å². The molecule has 1 aromatic carbocycles. The SMILES string of the molecule is Nc1ccc(F)cc1Sc1ncnc2nc[nH]c12. The van der Waals surface area contributed by atoms with Crippen LogP contribution in [0.25, 0.3) is 11.2 Å². The van der Waals surface area contributed by atoms with Crippen molar-refractivity contribution in [3.63, 3.8) is 0 Å². The van der Waals surface area contributed by atoms with Crippen molar-refractivity contribution in [3.05, 3.63) is 36.7 Å². The second kappa shape index (κ2) is 4.26. The molecule has 0 saturated carbocycles. The summed E-state index contributed by atoms with van der Waals surface area (Å²) in [5, 5.41) is 0.662. The average molecular weight is 261 g/mol. The van der Waals surface area contributed by atoms with E-state index in [0.717, 1.165) is 0 Å². The molecule has 2 heterocycles. The monoisotopic (exact) mass is 261 g/mol. The normalized spacial score (nSPS) is 10.9. The summed E-state index contributed by atoms with van der Waals surface area (Å²) in [5.74, 6) is -0.332. The lowest BCUT2D eigenvalue weighted by Crippen LogP contribution is -1.91. The first-order chi connectivity index (χ1) is 8.74. The number of halogens is 1. The number of imidazole rings is 1. The van der Waals surface area contributed by atoms with E-state index in [1.54, 1.807) is 6.33 Å². The minimum absolute atomic E-state index is 0.332. The standard InChI is InChI=1S/C11H8FN5S/c12-6-1-2-7(13)8(3-6)18-11-9-10(15-4-14-9)16-5-17-11/h1-5H,13H2,(H,14,15,16,17). The van der Waals surface area contributed by atoms with E-state index in [1.807, 2.05) is 0 Å². The number of anilines is 1. The molecule has 0 bridgehead atoms. The van der Waals surface area contributed by atoms with Crippen LogP contribution in [0.4, 0.5) is 10.1 Å². The molecular weight excluding hydrogens is 253 g/mol. The van der Waals surface area contributed by atoms with Gasteiger partial charge in [0.15, 0.2) is 5.65 Å². The summed E-state index contributed by atoms with van der Waals surface area (Å²) in [4.78, 5) is 15.8. The van der Waals surface area contributed by atoms with Gasteiger partial charge in [-0.25, -0.2) is 19.3 Å². The Morgan fingerprint density at radius 2 is 2.11 bits per heavy atom. The molecule has 0 fully saturated rings. The van der Waals surface area contributed by atoms with Gasteiger partial charge in [-0.3, -0.25) is 0 Å². The third-order valence-corrected chi connectivity index (χ3v) is 3.45. The topological polar surface area (TPSA) is 80.5 Å². The van der Waals surface area contributed by atoms with Gasteiger partial charge in [-0.1, -0.05) is 11.8 Å². The van der Waals surface area contributed by atoms with Crippen LogP contribution in [0.15, 0.2) is 40.8 Å². The molecule has 3 aromatic rings. The highest BCUT2D eigenvalue weighted by Gasteiger charge is 2.10. The Bertz CT molecular complexity index is 711. The number of aromatic amines is 1. The van der Waals surface area contributed by atoms with E-state index in [1.165, 1.54) is 36.3 Å². The van der Waals surface area contributed by atoms with Gasteiger partial charge in [-0.2, -0.15) is 0 Å². The quantitative estimate of drug-likeness (QED) is 0.546. The van der Waals surface area contributed by atoms with Crippen molar-refractivity contribution in [2.45, 2.75) is 9.92 Å². The van der Waals surface area contributed by atoms with Crippen LogP contribution in [0.1, 0.15) is 0 Å². The number of nitrogens with zero attached hydrogens (tertiary/aromatic N) is 3. The smallest absolute Gasteiger partial charge is 0.181 e. The van der Waals surface area contributed by atoms with Crippen molar-refractivity contribution in [2.24, 2.45) is 0 Å². The minimum Gasteiger partial charge on any atom is -0.398 e. The van der Waals surface area contributed by atoms with Gasteiger partial charge in [0.2, 0.25) is 0 Å². The van der Waals surface area contributed by atoms with Crippen molar-refractivity contribution in [2.75, 3.05) is 5.73 Å². The van der Waals surface area contributed by atoms with Gasteiger partial charge in [0, 0.05) is 10.6 Å². The van der Waals surface area contributed by atoms with Crippen LogP contribution in [0, 0.1) is 5.82 Å². The van der Waals surface area contributed by atoms with E-state index in [2.05, 4.69) is 19.9 Å². The van der Waals surface area contributed by atoms with E-state index in [9.17, 15) is 4.39 Å². The number of hydrogen-bond donors (Lipinski definition) is 2. The molecule has 7 heteroatoms. The zero-order valence-electron chi connectivity index (χ0n) is 9.09. The first-order valence-electron chi connectivity index (χ1n) is 5.11. The molecule has 0 spiro atoms. The highest BCUT2D eigenvalue weighted by Crippen LogP contribution is 2.33. The number of hydrogen-bond acceptors (Lipinski definition) is 5. The number of nitrogen functional groups attached to an aromatic ring is 1. The lowest BCUT2D eigenvalue weighted by molar-refractivity contribution is 0.624. The summed E-state index contributed by atoms with van der Waals surface area (Å²) >= 11 is 1.28. The van der Waals surface area contributed by atoms with Crippen molar-refractivity contribution in [1.82, 2.24) is 19.9 Å². The summed E-state index contributed by atoms with van der Waals surface area (Å²) in [6.07, 6.45) is 2.96. The summed E-state index contributed by atoms with van der Waals surface area (Å²) in [6.45, 7) is 0. The molecule has 0 saturated heterocycles. The van der Waals surface area contributed by atoms with Crippen LogP contribution in [-0.2, 0) is 0 Å². The van der Waals surface area contributed by atoms with Gasteiger partial charge >= 0.3 is 0 Å². The average Bonchev–Trinajstić information content (AvgIpc) is 2.83. The molecule has 0 aliphatic heterocycles. The molecule has 0 atom stereocenters. The molecule has 2 aromatic heterocycles. The fraction of sp³-hybridized carbons (Fsp3) is 0. The molecule has 3 N–H and O–H groups in total. The highest BCUT2D eigenvalue weighted by atomic mass is 32.2. The first-order valence-corrected chi connectivity index (χ1v) is 5.92. The number of aromatic nitrogens is 4. The number of fused-ring (bicyclic) bond motifs is 1. The maximum Gasteiger partial charge on any atom is 0.181 e. The van der Waals surface area contributed by atoms with Gasteiger partial charge in [-0.15, -0.1) is 0 Å². The summed E-state index contributed by atoms with van der Waals surface area (Å²) in [5.41, 5.74) is 7.59. The number of nitrogens with one attached hydrogen (secondary N) is 1. The summed E-state index contributed by atoms with van der Waals surface area (Å²) in [7, 11) is 0. The molecule has 3 rings (SSSR count). The maximum atomic E-state index is 13.2. The molecule has 0 amide bonds. The third kappa shape index (κ3) is 1.88. The second-order valence-corrected chi connectivity index (χ2v) is 4.59. The largest absolute Gasteiger partial charge is 0.398 e. The highest BCUT2D eigenvalue weighted by molar-refractivity contribution is 7.99. The zero-order valence-corrected chi connectivity index (χ0v) is 9.91. The van der Waals surface area contributed by atoms with Crippen molar-refractivity contribution < 1.29 is 4.39 Å². The maximum absolute atomic E-state index is 13.2. The molecule has 5 nitrogen and oxygen atoms in total. The molecule has 0 unspecified atom stereocenters. The van der Waals surface area contributed by atoms with Crippen molar-refractivity contribution in [3.8, 4) is 0 Å². The third-order valence-electron chi connectivity index (χ3n) is 2.37. The fourth-order valence-corrected chi connectivity index (χ4v) is 2.44. The fourth-order valence-electron chi connectivity index (χ4n) is 1.52. The molecule has 18 heavy (non-hydrogen) atoms. The predicted octanol–water partition coefficient (Wildman–Crippen LogP) is 2.23. The van der Waals surface area contributed by atoms with Gasteiger partial charge in [0.05, 0.1) is 6.33 Å². The molecular formula is C11H8FN5S. The van der Waals surface area contributed by atoms with Gasteiger partial charge in [0.1, 0.15) is 22.7 Å². The minimum atomic E-state index is -0.332. The van der Waals surface area contributed by atoms with Crippen LogP contribution >= 0.6 is 11.8 Å². The van der Waals surface area contributed by atoms with E-state index in [-0.39, 0.29) is 5.82 Å². The number of H-pyrrole nitrogens is 1. The predicted molar refractivity (Wildman–Crippen MR) is 66.6 cm³/mol. The lowest BCUT2D eigenvalue weighted by atomic mass is 10.3. The number of rotatable bonds is 2. The van der Waals surface area contributed by atoms with Gasteiger partial charge < -0.3 is 10.7 Å². The Balaban J connectivity index is 2.06. The number of nitrogens with two attached hydrogens (primary N) is 1. The van der Waals surface area contributed by atoms with E-state index in [4.69, 9.17) is 5.73 Å². The lowest BCUT2D eigenvalue weighted by Gasteiger charge is -2.05. The van der Waals surface area contributed by atoms with Crippen LogP contribution in [0.2, 0.25) is 0 Å². The van der Waals surface area contributed by atoms with E-state index in [0.29, 0.717) is 26.8 Å². The van der Waals surface area contributed by atoms with Crippen LogP contribution in [-0.4, -0.2) is 19.9 Å². The molecule has 0 aliphatic carbocycles. The molecule has 0 aliphatic rings. The molecule has 0 radical (unpaired) electrons. The first kappa shape index (κ1) is 11.0. The number of benzene rings is 1. The van der Waals surface area contributed by atoms with Crippen molar-refractivity contribution >= 4 is 28.6 Å². The zero-order chi connectivity index (χ0) is 12.5. The van der Waals surface area contributed by atoms with Gasteiger partial charge in [0.25, 0.3) is 0 Å². The molecule has 90 valence electrons. The Kier molecular flexibility index (Phi) is 2.60. The van der Waals surface area contributed by atoms with Crippen molar-refractivity contribution in [1.29, 1.82) is 0 Å². The van der Waals surface area contributed by atoms with E-state index < -0.39 is 0 Å². The summed E-state index contributed by atoms with van der Waals surface area (Å²) in [6, 6.07) is 4.23. The Hall–Kier alpha value is -2.15. The second-order valence-electron chi connectivity index (χ2n) is 3.56. The van der Waals surface area contributed by atoms with Crippen LogP contribution in [0.5, 0.6) is 0 Å². The Morgan fingerprint density at radius 1 is 1.22 bits per heavy atom. The van der Waals surface area contributed by atoms with Crippen LogP contribution < -0.4 is 5.73 Å². The Morgan fingerprint density at radius 3 is 3.00 bits per heavy atom. The summed E-state index contributed by atoms with van der Waals surface area (Å²) < 4.78 is 13.2.